The molecule has 1 aromatic rings. The maximum absolute atomic E-state index is 11.7. The monoisotopic (exact) mass is 314 g/mol. The smallest absolute Gasteiger partial charge is 0.317 e. The maximum Gasteiger partial charge on any atom is 0.317 e. The summed E-state index contributed by atoms with van der Waals surface area (Å²) in [6.07, 6.45) is -0.302. The van der Waals surface area contributed by atoms with Crippen LogP contribution in [0.2, 0.25) is 5.02 Å². The lowest BCUT2D eigenvalue weighted by Gasteiger charge is -2.20. The first-order chi connectivity index (χ1) is 9.88. The second-order valence-electron chi connectivity index (χ2n) is 4.63. The van der Waals surface area contributed by atoms with Gasteiger partial charge in [0.2, 0.25) is 0 Å². The largest absolute Gasteiger partial charge is 0.489 e. The quantitative estimate of drug-likeness (QED) is 0.809. The fourth-order valence-electron chi connectivity index (χ4n) is 1.52. The van der Waals surface area contributed by atoms with Crippen molar-refractivity contribution < 1.29 is 19.4 Å². The molecule has 0 fully saturated rings. The summed E-state index contributed by atoms with van der Waals surface area (Å²) in [7, 11) is 1.54. The number of aliphatic carboxylic acids is 1. The Morgan fingerprint density at radius 3 is 2.57 bits per heavy atom. The molecule has 0 saturated heterocycles. The van der Waals surface area contributed by atoms with Crippen molar-refractivity contribution in [3.8, 4) is 5.75 Å². The zero-order valence-electron chi connectivity index (χ0n) is 12.0. The molecule has 1 unspecified atom stereocenters. The summed E-state index contributed by atoms with van der Waals surface area (Å²) in [6.45, 7) is 2.30. The van der Waals surface area contributed by atoms with Gasteiger partial charge in [-0.15, -0.1) is 0 Å². The summed E-state index contributed by atoms with van der Waals surface area (Å²) in [4.78, 5) is 23.5. The van der Waals surface area contributed by atoms with Crippen LogP contribution in [0.4, 0.5) is 4.79 Å². The number of benzene rings is 1. The molecule has 0 heterocycles. The van der Waals surface area contributed by atoms with Crippen molar-refractivity contribution in [2.24, 2.45) is 0 Å². The summed E-state index contributed by atoms with van der Waals surface area (Å²) in [5.41, 5.74) is 0. The number of amides is 2. The second kappa shape index (κ2) is 8.36. The van der Waals surface area contributed by atoms with E-state index >= 15 is 0 Å². The van der Waals surface area contributed by atoms with Crippen molar-refractivity contribution in [3.05, 3.63) is 29.3 Å². The number of rotatable bonds is 7. The van der Waals surface area contributed by atoms with Crippen LogP contribution < -0.4 is 10.1 Å². The van der Waals surface area contributed by atoms with Crippen LogP contribution in [-0.4, -0.2) is 48.2 Å². The van der Waals surface area contributed by atoms with Gasteiger partial charge in [-0.1, -0.05) is 11.6 Å². The SMILES string of the molecule is CC(CNC(=O)N(C)CCC(=O)O)Oc1ccc(Cl)cc1. The second-order valence-corrected chi connectivity index (χ2v) is 5.07. The lowest BCUT2D eigenvalue weighted by Crippen LogP contribution is -2.42. The van der Waals surface area contributed by atoms with Gasteiger partial charge in [0.1, 0.15) is 11.9 Å². The van der Waals surface area contributed by atoms with Gasteiger partial charge in [0.05, 0.1) is 13.0 Å². The topological polar surface area (TPSA) is 78.9 Å². The molecule has 2 amide bonds. The van der Waals surface area contributed by atoms with Gasteiger partial charge in [-0.2, -0.15) is 0 Å². The molecule has 0 aliphatic carbocycles. The number of halogens is 1. The van der Waals surface area contributed by atoms with Crippen LogP contribution in [0.5, 0.6) is 5.75 Å². The van der Waals surface area contributed by atoms with Gasteiger partial charge in [-0.3, -0.25) is 4.79 Å². The molecule has 0 aliphatic rings. The first-order valence-corrected chi connectivity index (χ1v) is 6.89. The van der Waals surface area contributed by atoms with Gasteiger partial charge >= 0.3 is 12.0 Å². The molecule has 116 valence electrons. The summed E-state index contributed by atoms with van der Waals surface area (Å²) in [5, 5.41) is 11.9. The first-order valence-electron chi connectivity index (χ1n) is 6.51. The fourth-order valence-corrected chi connectivity index (χ4v) is 1.64. The van der Waals surface area contributed by atoms with Crippen LogP contribution in [0.3, 0.4) is 0 Å². The van der Waals surface area contributed by atoms with E-state index in [1.165, 1.54) is 4.90 Å². The van der Waals surface area contributed by atoms with Gasteiger partial charge in [0.15, 0.2) is 0 Å². The number of nitrogens with zero attached hydrogens (tertiary/aromatic N) is 1. The van der Waals surface area contributed by atoms with Gasteiger partial charge in [0, 0.05) is 18.6 Å². The molecule has 0 spiro atoms. The van der Waals surface area contributed by atoms with Crippen molar-refractivity contribution in [2.75, 3.05) is 20.1 Å². The molecule has 6 nitrogen and oxygen atoms in total. The van der Waals surface area contributed by atoms with Crippen molar-refractivity contribution >= 4 is 23.6 Å². The first kappa shape index (κ1) is 17.1. The van der Waals surface area contributed by atoms with E-state index < -0.39 is 5.97 Å². The van der Waals surface area contributed by atoms with E-state index in [-0.39, 0.29) is 25.1 Å². The molecule has 2 N–H and O–H groups in total. The van der Waals surface area contributed by atoms with E-state index in [0.717, 1.165) is 0 Å². The molecule has 0 bridgehead atoms. The van der Waals surface area contributed by atoms with E-state index in [0.29, 0.717) is 17.3 Å². The van der Waals surface area contributed by atoms with Crippen molar-refractivity contribution in [1.29, 1.82) is 0 Å². The average Bonchev–Trinajstić information content (AvgIpc) is 2.44. The van der Waals surface area contributed by atoms with Gasteiger partial charge in [-0.25, -0.2) is 4.79 Å². The molecule has 7 heteroatoms. The predicted octanol–water partition coefficient (Wildman–Crippen LogP) is 2.22. The predicted molar refractivity (Wildman–Crippen MR) is 79.8 cm³/mol. The van der Waals surface area contributed by atoms with Crippen LogP contribution in [0.15, 0.2) is 24.3 Å². The number of carbonyl (C=O) groups excluding carboxylic acids is 1. The van der Waals surface area contributed by atoms with E-state index in [2.05, 4.69) is 5.32 Å². The Hall–Kier alpha value is -1.95. The third-order valence-electron chi connectivity index (χ3n) is 2.70. The standard InChI is InChI=1S/C14H19ClN2O4/c1-10(21-12-5-3-11(15)4-6-12)9-16-14(20)17(2)8-7-13(18)19/h3-6,10H,7-9H2,1-2H3,(H,16,20)(H,18,19). The highest BCUT2D eigenvalue weighted by atomic mass is 35.5. The molecule has 1 rings (SSSR count). The molecule has 0 aliphatic heterocycles. The van der Waals surface area contributed by atoms with Crippen molar-refractivity contribution in [1.82, 2.24) is 10.2 Å². The van der Waals surface area contributed by atoms with Crippen molar-refractivity contribution in [3.63, 3.8) is 0 Å². The van der Waals surface area contributed by atoms with Crippen LogP contribution in [0, 0.1) is 0 Å². The van der Waals surface area contributed by atoms with E-state index in [1.54, 1.807) is 31.3 Å². The van der Waals surface area contributed by atoms with E-state index in [1.807, 2.05) is 6.92 Å². The summed E-state index contributed by atoms with van der Waals surface area (Å²) in [5.74, 6) is -0.269. The third kappa shape index (κ3) is 6.85. The lowest BCUT2D eigenvalue weighted by atomic mass is 10.3. The molecular weight excluding hydrogens is 296 g/mol. The number of ether oxygens (including phenoxy) is 1. The number of hydrogen-bond acceptors (Lipinski definition) is 3. The molecule has 0 radical (unpaired) electrons. The molecule has 21 heavy (non-hydrogen) atoms. The zero-order chi connectivity index (χ0) is 15.8. The van der Waals surface area contributed by atoms with Crippen molar-refractivity contribution in [2.45, 2.75) is 19.4 Å². The minimum atomic E-state index is -0.936. The Bertz CT molecular complexity index is 478. The summed E-state index contributed by atoms with van der Waals surface area (Å²) >= 11 is 5.78. The highest BCUT2D eigenvalue weighted by molar-refractivity contribution is 6.30. The van der Waals surface area contributed by atoms with Gasteiger partial charge < -0.3 is 20.1 Å². The fraction of sp³-hybridized carbons (Fsp3) is 0.429. The Morgan fingerprint density at radius 1 is 1.38 bits per heavy atom. The van der Waals surface area contributed by atoms with E-state index in [9.17, 15) is 9.59 Å². The number of urea groups is 1. The highest BCUT2D eigenvalue weighted by Crippen LogP contribution is 2.16. The molecule has 0 saturated carbocycles. The Balaban J connectivity index is 2.31. The van der Waals surface area contributed by atoms with Gasteiger partial charge in [0.25, 0.3) is 0 Å². The minimum absolute atomic E-state index is 0.0826. The highest BCUT2D eigenvalue weighted by Gasteiger charge is 2.12. The number of carboxylic acids is 1. The average molecular weight is 315 g/mol. The Kier molecular flexibility index (Phi) is 6.81. The molecular formula is C14H19ClN2O4. The summed E-state index contributed by atoms with van der Waals surface area (Å²) in [6, 6.07) is 6.62. The number of carbonyl (C=O) groups is 2. The van der Waals surface area contributed by atoms with Crippen LogP contribution in [-0.2, 0) is 4.79 Å². The van der Waals surface area contributed by atoms with Gasteiger partial charge in [-0.05, 0) is 31.2 Å². The maximum atomic E-state index is 11.7. The number of hydrogen-bond donors (Lipinski definition) is 2. The zero-order valence-corrected chi connectivity index (χ0v) is 12.8. The summed E-state index contributed by atoms with van der Waals surface area (Å²) < 4.78 is 5.61. The molecule has 1 aromatic carbocycles. The van der Waals surface area contributed by atoms with Crippen LogP contribution >= 0.6 is 11.6 Å². The Morgan fingerprint density at radius 2 is 2.00 bits per heavy atom. The number of carboxylic acid groups (broad SMARTS) is 1. The minimum Gasteiger partial charge on any atom is -0.489 e. The lowest BCUT2D eigenvalue weighted by molar-refractivity contribution is -0.137. The van der Waals surface area contributed by atoms with Crippen LogP contribution in [0.1, 0.15) is 13.3 Å². The normalized spacial score (nSPS) is 11.6. The van der Waals surface area contributed by atoms with E-state index in [4.69, 9.17) is 21.4 Å². The number of nitrogens with one attached hydrogen (secondary N) is 1. The van der Waals surface area contributed by atoms with Crippen LogP contribution in [0.25, 0.3) is 0 Å². The Labute approximate surface area is 128 Å². The molecule has 0 aromatic heterocycles. The third-order valence-corrected chi connectivity index (χ3v) is 2.95. The molecule has 1 atom stereocenters.